The van der Waals surface area contributed by atoms with E-state index in [2.05, 4.69) is 63.1 Å². The fraction of sp³-hybridized carbons (Fsp3) is 0.500. The third-order valence-electron chi connectivity index (χ3n) is 5.35. The summed E-state index contributed by atoms with van der Waals surface area (Å²) < 4.78 is 0. The highest BCUT2D eigenvalue weighted by molar-refractivity contribution is 5.35. The molecule has 0 bridgehead atoms. The summed E-state index contributed by atoms with van der Waals surface area (Å²) in [5, 5.41) is 0. The number of likely N-dealkylation sites (N-methyl/N-ethyl adjacent to an activating group) is 1. The molecule has 0 aliphatic carbocycles. The van der Waals surface area contributed by atoms with Crippen molar-refractivity contribution in [1.29, 1.82) is 0 Å². The van der Waals surface area contributed by atoms with Gasteiger partial charge in [0, 0.05) is 64.0 Å². The summed E-state index contributed by atoms with van der Waals surface area (Å²) in [6.45, 7) is 10.7. The van der Waals surface area contributed by atoms with Gasteiger partial charge in [0.05, 0.1) is 5.69 Å². The Hall–Kier alpha value is -1.98. The zero-order valence-electron chi connectivity index (χ0n) is 15.1. The van der Waals surface area contributed by atoms with E-state index in [0.717, 1.165) is 64.7 Å². The first kappa shape index (κ1) is 16.5. The molecule has 5 nitrogen and oxygen atoms in total. The van der Waals surface area contributed by atoms with E-state index in [0.29, 0.717) is 0 Å². The lowest BCUT2D eigenvalue weighted by Crippen LogP contribution is -2.47. The van der Waals surface area contributed by atoms with E-state index in [1.807, 2.05) is 0 Å². The molecular weight excluding hydrogens is 310 g/mol. The molecule has 0 radical (unpaired) electrons. The fourth-order valence-corrected chi connectivity index (χ4v) is 3.76. The van der Waals surface area contributed by atoms with E-state index in [1.165, 1.54) is 16.8 Å². The van der Waals surface area contributed by atoms with E-state index < -0.39 is 0 Å². The third-order valence-corrected chi connectivity index (χ3v) is 5.35. The van der Waals surface area contributed by atoms with Crippen molar-refractivity contribution in [1.82, 2.24) is 19.8 Å². The van der Waals surface area contributed by atoms with Crippen LogP contribution in [0.1, 0.15) is 23.7 Å². The molecule has 1 saturated heterocycles. The maximum atomic E-state index is 4.90. The number of hydrogen-bond donors (Lipinski definition) is 0. The minimum Gasteiger partial charge on any atom is -0.338 e. The minimum atomic E-state index is 0.922. The van der Waals surface area contributed by atoms with Crippen LogP contribution < -0.4 is 4.90 Å². The normalized spacial score (nSPS) is 19.0. The largest absolute Gasteiger partial charge is 0.338 e. The van der Waals surface area contributed by atoms with Gasteiger partial charge in [-0.3, -0.25) is 4.90 Å². The van der Waals surface area contributed by atoms with Crippen LogP contribution >= 0.6 is 0 Å². The zero-order valence-corrected chi connectivity index (χ0v) is 15.1. The Kier molecular flexibility index (Phi) is 4.95. The van der Waals surface area contributed by atoms with Gasteiger partial charge in [-0.05, 0) is 12.1 Å². The second-order valence-corrected chi connectivity index (χ2v) is 7.01. The molecule has 132 valence electrons. The molecule has 1 aromatic carbocycles. The van der Waals surface area contributed by atoms with Crippen molar-refractivity contribution < 1.29 is 0 Å². The summed E-state index contributed by atoms with van der Waals surface area (Å²) >= 11 is 0. The molecule has 4 rings (SSSR count). The Labute approximate surface area is 150 Å². The first-order valence-corrected chi connectivity index (χ1v) is 9.40. The first-order valence-electron chi connectivity index (χ1n) is 9.40. The molecule has 2 aliphatic rings. The van der Waals surface area contributed by atoms with Crippen LogP contribution in [0, 0.1) is 0 Å². The third kappa shape index (κ3) is 3.83. The van der Waals surface area contributed by atoms with Crippen LogP contribution in [0.15, 0.2) is 36.5 Å². The standard InChI is InChI=1S/C20H27N5/c1-2-23-10-12-25(13-11-23)20-21-14-18-16-24(9-8-19(18)22-20)15-17-6-4-3-5-7-17/h3-7,14H,2,8-13,15-16H2,1H3. The van der Waals surface area contributed by atoms with E-state index in [1.54, 1.807) is 0 Å². The highest BCUT2D eigenvalue weighted by Crippen LogP contribution is 2.21. The molecule has 2 aliphatic heterocycles. The molecule has 0 saturated carbocycles. The molecule has 2 aromatic rings. The van der Waals surface area contributed by atoms with E-state index in [-0.39, 0.29) is 0 Å². The van der Waals surface area contributed by atoms with Gasteiger partial charge in [0.1, 0.15) is 0 Å². The molecule has 0 spiro atoms. The van der Waals surface area contributed by atoms with Crippen LogP contribution in [-0.2, 0) is 19.5 Å². The van der Waals surface area contributed by atoms with Crippen molar-refractivity contribution in [3.63, 3.8) is 0 Å². The molecule has 1 fully saturated rings. The summed E-state index contributed by atoms with van der Waals surface area (Å²) in [6, 6.07) is 10.7. The van der Waals surface area contributed by atoms with Gasteiger partial charge in [0.2, 0.25) is 5.95 Å². The van der Waals surface area contributed by atoms with Gasteiger partial charge in [0.25, 0.3) is 0 Å². The topological polar surface area (TPSA) is 35.5 Å². The van der Waals surface area contributed by atoms with E-state index in [4.69, 9.17) is 4.98 Å². The molecule has 0 atom stereocenters. The van der Waals surface area contributed by atoms with Gasteiger partial charge in [-0.25, -0.2) is 9.97 Å². The number of fused-ring (bicyclic) bond motifs is 1. The van der Waals surface area contributed by atoms with Crippen molar-refractivity contribution in [3.8, 4) is 0 Å². The van der Waals surface area contributed by atoms with Crippen LogP contribution in [0.2, 0.25) is 0 Å². The van der Waals surface area contributed by atoms with Gasteiger partial charge in [0.15, 0.2) is 0 Å². The fourth-order valence-electron chi connectivity index (χ4n) is 3.76. The summed E-state index contributed by atoms with van der Waals surface area (Å²) in [4.78, 5) is 16.9. The Morgan fingerprint density at radius 2 is 1.76 bits per heavy atom. The summed E-state index contributed by atoms with van der Waals surface area (Å²) in [5.74, 6) is 0.922. The lowest BCUT2D eigenvalue weighted by molar-refractivity contribution is 0.242. The average Bonchev–Trinajstić information content (AvgIpc) is 2.68. The zero-order chi connectivity index (χ0) is 17.1. The quantitative estimate of drug-likeness (QED) is 0.854. The Morgan fingerprint density at radius 3 is 2.52 bits per heavy atom. The van der Waals surface area contributed by atoms with Gasteiger partial charge in [-0.2, -0.15) is 0 Å². The van der Waals surface area contributed by atoms with Crippen LogP contribution in [0.3, 0.4) is 0 Å². The molecule has 5 heteroatoms. The highest BCUT2D eigenvalue weighted by Gasteiger charge is 2.22. The Balaban J connectivity index is 1.41. The van der Waals surface area contributed by atoms with Crippen molar-refractivity contribution in [2.75, 3.05) is 44.2 Å². The van der Waals surface area contributed by atoms with Gasteiger partial charge in [-0.1, -0.05) is 37.3 Å². The summed E-state index contributed by atoms with van der Waals surface area (Å²) in [5.41, 5.74) is 3.91. The number of hydrogen-bond acceptors (Lipinski definition) is 5. The lowest BCUT2D eigenvalue weighted by atomic mass is 10.1. The Bertz CT molecular complexity index is 694. The summed E-state index contributed by atoms with van der Waals surface area (Å²) in [6.07, 6.45) is 3.08. The first-order chi connectivity index (χ1) is 12.3. The van der Waals surface area contributed by atoms with Crippen molar-refractivity contribution >= 4 is 5.95 Å². The minimum absolute atomic E-state index is 0.922. The van der Waals surface area contributed by atoms with Crippen LogP contribution in [0.25, 0.3) is 0 Å². The number of piperazine rings is 1. The van der Waals surface area contributed by atoms with Gasteiger partial charge < -0.3 is 9.80 Å². The average molecular weight is 337 g/mol. The summed E-state index contributed by atoms with van der Waals surface area (Å²) in [7, 11) is 0. The van der Waals surface area contributed by atoms with Crippen molar-refractivity contribution in [2.24, 2.45) is 0 Å². The number of anilines is 1. The molecule has 25 heavy (non-hydrogen) atoms. The molecule has 1 aromatic heterocycles. The predicted octanol–water partition coefficient (Wildman–Crippen LogP) is 2.18. The number of rotatable bonds is 4. The van der Waals surface area contributed by atoms with Crippen molar-refractivity contribution in [2.45, 2.75) is 26.4 Å². The maximum absolute atomic E-state index is 4.90. The SMILES string of the molecule is CCN1CCN(c2ncc3c(n2)CCN(Cc2ccccc2)C3)CC1. The lowest BCUT2D eigenvalue weighted by Gasteiger charge is -2.35. The van der Waals surface area contributed by atoms with E-state index >= 15 is 0 Å². The van der Waals surface area contributed by atoms with Crippen LogP contribution in [-0.4, -0.2) is 59.0 Å². The van der Waals surface area contributed by atoms with Crippen LogP contribution in [0.5, 0.6) is 0 Å². The Morgan fingerprint density at radius 1 is 0.960 bits per heavy atom. The smallest absolute Gasteiger partial charge is 0.225 e. The number of benzene rings is 1. The predicted molar refractivity (Wildman–Crippen MR) is 101 cm³/mol. The maximum Gasteiger partial charge on any atom is 0.225 e. The second kappa shape index (κ2) is 7.50. The monoisotopic (exact) mass is 337 g/mol. The van der Waals surface area contributed by atoms with Crippen molar-refractivity contribution in [3.05, 3.63) is 53.3 Å². The van der Waals surface area contributed by atoms with Gasteiger partial charge in [-0.15, -0.1) is 0 Å². The number of aromatic nitrogens is 2. The van der Waals surface area contributed by atoms with Crippen LogP contribution in [0.4, 0.5) is 5.95 Å². The second-order valence-electron chi connectivity index (χ2n) is 7.01. The van der Waals surface area contributed by atoms with E-state index in [9.17, 15) is 0 Å². The van der Waals surface area contributed by atoms with Gasteiger partial charge >= 0.3 is 0 Å². The molecular formula is C20H27N5. The highest BCUT2D eigenvalue weighted by atomic mass is 15.3. The molecule has 0 unspecified atom stereocenters. The molecule has 3 heterocycles. The molecule has 0 N–H and O–H groups in total. The molecule has 0 amide bonds. The number of nitrogens with zero attached hydrogens (tertiary/aromatic N) is 5.